The van der Waals surface area contributed by atoms with Crippen molar-refractivity contribution in [3.05, 3.63) is 57.8 Å². The zero-order chi connectivity index (χ0) is 19.0. The van der Waals surface area contributed by atoms with E-state index in [0.29, 0.717) is 28.6 Å². The van der Waals surface area contributed by atoms with Crippen LogP contribution in [0.4, 0.5) is 14.5 Å². The summed E-state index contributed by atoms with van der Waals surface area (Å²) < 4.78 is 28.1. The first-order chi connectivity index (χ1) is 13.1. The van der Waals surface area contributed by atoms with Gasteiger partial charge in [0.2, 0.25) is 11.1 Å². The lowest BCUT2D eigenvalue weighted by Gasteiger charge is -2.39. The number of benzene rings is 1. The molecule has 7 heteroatoms. The standard InChI is InChI=1S/C20H18F2N4S/c1-13-18-17(16(21)19(22)27-18)24-20(25-9-5-2-6-10-25)26(13)12-15-8-4-3-7-14(15)11-23/h3-4,7-8H,1-2,5-6,9-10,12H2. The van der Waals surface area contributed by atoms with Gasteiger partial charge in [-0.2, -0.15) is 9.65 Å². The third kappa shape index (κ3) is 3.10. The van der Waals surface area contributed by atoms with Crippen LogP contribution in [0.25, 0.3) is 5.70 Å². The van der Waals surface area contributed by atoms with Crippen LogP contribution in [0.3, 0.4) is 0 Å². The quantitative estimate of drug-likeness (QED) is 0.743. The van der Waals surface area contributed by atoms with Gasteiger partial charge in [0.1, 0.15) is 5.69 Å². The van der Waals surface area contributed by atoms with Crippen LogP contribution in [0.5, 0.6) is 0 Å². The van der Waals surface area contributed by atoms with Gasteiger partial charge in [-0.1, -0.05) is 36.1 Å². The Labute approximate surface area is 160 Å². The van der Waals surface area contributed by atoms with Crippen LogP contribution >= 0.6 is 11.3 Å². The summed E-state index contributed by atoms with van der Waals surface area (Å²) >= 11 is 0.724. The number of aliphatic imine (C=N–C) groups is 1. The molecule has 2 aliphatic rings. The number of likely N-dealkylation sites (tertiary alicyclic amines) is 1. The summed E-state index contributed by atoms with van der Waals surface area (Å²) in [6.45, 7) is 6.10. The fourth-order valence-corrected chi connectivity index (χ4v) is 4.34. The van der Waals surface area contributed by atoms with Crippen molar-refractivity contribution in [2.75, 3.05) is 13.1 Å². The minimum absolute atomic E-state index is 0.0351. The van der Waals surface area contributed by atoms with E-state index in [1.807, 2.05) is 23.1 Å². The highest BCUT2D eigenvalue weighted by atomic mass is 32.1. The first-order valence-electron chi connectivity index (χ1n) is 8.86. The minimum Gasteiger partial charge on any atom is -0.342 e. The lowest BCUT2D eigenvalue weighted by Crippen LogP contribution is -2.46. The van der Waals surface area contributed by atoms with Crippen molar-refractivity contribution in [1.29, 1.82) is 5.26 Å². The van der Waals surface area contributed by atoms with Crippen molar-refractivity contribution in [2.24, 2.45) is 4.99 Å². The average molecular weight is 384 g/mol. The van der Waals surface area contributed by atoms with Crippen molar-refractivity contribution in [3.63, 3.8) is 0 Å². The average Bonchev–Trinajstić information content (AvgIpc) is 2.99. The molecule has 4 rings (SSSR count). The van der Waals surface area contributed by atoms with Crippen molar-refractivity contribution in [3.8, 4) is 6.07 Å². The number of piperidine rings is 1. The van der Waals surface area contributed by atoms with Gasteiger partial charge in [0.25, 0.3) is 0 Å². The summed E-state index contributed by atoms with van der Waals surface area (Å²) in [7, 11) is 0. The molecule has 1 aromatic carbocycles. The van der Waals surface area contributed by atoms with Crippen molar-refractivity contribution in [2.45, 2.75) is 25.8 Å². The summed E-state index contributed by atoms with van der Waals surface area (Å²) in [6.07, 6.45) is 3.21. The Morgan fingerprint density at radius 1 is 1.19 bits per heavy atom. The predicted octanol–water partition coefficient (Wildman–Crippen LogP) is 4.86. The highest BCUT2D eigenvalue weighted by Crippen LogP contribution is 2.43. The van der Waals surface area contributed by atoms with E-state index in [-0.39, 0.29) is 5.69 Å². The van der Waals surface area contributed by atoms with Crippen molar-refractivity contribution < 1.29 is 8.78 Å². The van der Waals surface area contributed by atoms with E-state index in [1.54, 1.807) is 6.07 Å². The molecule has 1 aromatic heterocycles. The van der Waals surface area contributed by atoms with Gasteiger partial charge in [-0.15, -0.1) is 0 Å². The Balaban J connectivity index is 1.78. The molecule has 1 saturated heterocycles. The van der Waals surface area contributed by atoms with Crippen LogP contribution in [0.2, 0.25) is 0 Å². The number of thiophene rings is 1. The van der Waals surface area contributed by atoms with Gasteiger partial charge in [-0.25, -0.2) is 9.38 Å². The van der Waals surface area contributed by atoms with Gasteiger partial charge in [-0.05, 0) is 30.9 Å². The molecule has 0 unspecified atom stereocenters. The van der Waals surface area contributed by atoms with Gasteiger partial charge >= 0.3 is 0 Å². The molecule has 2 aromatic rings. The number of rotatable bonds is 2. The predicted molar refractivity (Wildman–Crippen MR) is 102 cm³/mol. The topological polar surface area (TPSA) is 42.6 Å². The molecule has 138 valence electrons. The molecule has 1 fully saturated rings. The van der Waals surface area contributed by atoms with Crippen LogP contribution in [-0.2, 0) is 6.54 Å². The molecule has 27 heavy (non-hydrogen) atoms. The fourth-order valence-electron chi connectivity index (χ4n) is 3.51. The number of halogens is 2. The summed E-state index contributed by atoms with van der Waals surface area (Å²) in [5, 5.41) is 8.52. The maximum Gasteiger partial charge on any atom is 0.215 e. The minimum atomic E-state index is -0.914. The molecule has 0 N–H and O–H groups in total. The summed E-state index contributed by atoms with van der Waals surface area (Å²) in [6, 6.07) is 9.52. The van der Waals surface area contributed by atoms with Gasteiger partial charge in [0.05, 0.1) is 28.8 Å². The Morgan fingerprint density at radius 2 is 1.93 bits per heavy atom. The molecule has 3 heterocycles. The van der Waals surface area contributed by atoms with E-state index in [2.05, 4.69) is 22.5 Å². The smallest absolute Gasteiger partial charge is 0.215 e. The highest BCUT2D eigenvalue weighted by molar-refractivity contribution is 7.12. The maximum atomic E-state index is 14.2. The van der Waals surface area contributed by atoms with Crippen molar-refractivity contribution in [1.82, 2.24) is 9.80 Å². The Morgan fingerprint density at radius 3 is 2.67 bits per heavy atom. The molecular formula is C20H18F2N4S. The largest absolute Gasteiger partial charge is 0.342 e. The van der Waals surface area contributed by atoms with Crippen LogP contribution in [0.15, 0.2) is 35.8 Å². The third-order valence-corrected chi connectivity index (χ3v) is 5.93. The second kappa shape index (κ2) is 7.12. The zero-order valence-electron chi connectivity index (χ0n) is 14.7. The van der Waals surface area contributed by atoms with E-state index >= 15 is 0 Å². The molecule has 0 spiro atoms. The van der Waals surface area contributed by atoms with E-state index in [0.717, 1.165) is 49.3 Å². The number of fused-ring (bicyclic) bond motifs is 1. The Kier molecular flexibility index (Phi) is 4.66. The first kappa shape index (κ1) is 17.7. The van der Waals surface area contributed by atoms with Crippen molar-refractivity contribution >= 4 is 28.7 Å². The van der Waals surface area contributed by atoms with Crippen LogP contribution < -0.4 is 0 Å². The molecule has 0 bridgehead atoms. The second-order valence-electron chi connectivity index (χ2n) is 6.63. The van der Waals surface area contributed by atoms with E-state index in [1.165, 1.54) is 0 Å². The second-order valence-corrected chi connectivity index (χ2v) is 7.60. The molecule has 2 aliphatic heterocycles. The van der Waals surface area contributed by atoms with Gasteiger partial charge in [-0.3, -0.25) is 0 Å². The number of nitriles is 1. The first-order valence-corrected chi connectivity index (χ1v) is 9.68. The summed E-state index contributed by atoms with van der Waals surface area (Å²) in [5.41, 5.74) is 1.94. The molecule has 0 saturated carbocycles. The number of hydrogen-bond donors (Lipinski definition) is 0. The van der Waals surface area contributed by atoms with Crippen LogP contribution in [0.1, 0.15) is 35.3 Å². The monoisotopic (exact) mass is 384 g/mol. The number of guanidine groups is 1. The van der Waals surface area contributed by atoms with Gasteiger partial charge in [0.15, 0.2) is 5.82 Å². The van der Waals surface area contributed by atoms with Crippen LogP contribution in [0, 0.1) is 22.3 Å². The molecule has 0 amide bonds. The SMILES string of the molecule is C=C1c2sc(F)c(F)c2N=C(N2CCCCC2)N1Cc1ccccc1C#N. The number of hydrogen-bond acceptors (Lipinski definition) is 5. The molecule has 0 radical (unpaired) electrons. The highest BCUT2D eigenvalue weighted by Gasteiger charge is 2.33. The summed E-state index contributed by atoms with van der Waals surface area (Å²) in [4.78, 5) is 8.87. The Bertz CT molecular complexity index is 967. The van der Waals surface area contributed by atoms with E-state index < -0.39 is 10.9 Å². The normalized spacial score (nSPS) is 16.8. The number of nitrogens with zero attached hydrogens (tertiary/aromatic N) is 4. The zero-order valence-corrected chi connectivity index (χ0v) is 15.5. The lowest BCUT2D eigenvalue weighted by atomic mass is 10.1. The van der Waals surface area contributed by atoms with Crippen LogP contribution in [-0.4, -0.2) is 28.8 Å². The molecule has 0 aliphatic carbocycles. The maximum absolute atomic E-state index is 14.2. The summed E-state index contributed by atoms with van der Waals surface area (Å²) in [5.74, 6) is -0.334. The molecular weight excluding hydrogens is 366 g/mol. The molecule has 4 nitrogen and oxygen atoms in total. The Hall–Kier alpha value is -2.72. The lowest BCUT2D eigenvalue weighted by molar-refractivity contribution is 0.306. The van der Waals surface area contributed by atoms with Gasteiger partial charge in [0, 0.05) is 13.1 Å². The van der Waals surface area contributed by atoms with Gasteiger partial charge < -0.3 is 9.80 Å². The van der Waals surface area contributed by atoms with E-state index in [9.17, 15) is 14.0 Å². The van der Waals surface area contributed by atoms with E-state index in [4.69, 9.17) is 0 Å². The fraction of sp³-hybridized carbons (Fsp3) is 0.300. The molecule has 0 atom stereocenters. The third-order valence-electron chi connectivity index (χ3n) is 4.93.